The normalized spacial score (nSPS) is 17.3. The average molecular weight is 450 g/mol. The Labute approximate surface area is 192 Å². The van der Waals surface area contributed by atoms with E-state index in [1.165, 1.54) is 0 Å². The molecule has 0 aromatic carbocycles. The number of rotatable bonds is 5. The molecule has 1 saturated heterocycles. The lowest BCUT2D eigenvalue weighted by Gasteiger charge is -2.24. The predicted octanol–water partition coefficient (Wildman–Crippen LogP) is 3.40. The number of aromatic nitrogens is 4. The highest BCUT2D eigenvalue weighted by Gasteiger charge is 2.34. The molecule has 9 nitrogen and oxygen atoms in total. The first kappa shape index (κ1) is 21.4. The van der Waals surface area contributed by atoms with E-state index < -0.39 is 0 Å². The SMILES string of the molecule is Cn1cc(-c2cccc(NC(=O)c3cc4c(nc3OC3CCOCC3)OC(C)(C)C4)n2)cn1. The Morgan fingerprint density at radius 2 is 2.06 bits per heavy atom. The summed E-state index contributed by atoms with van der Waals surface area (Å²) in [7, 11) is 1.85. The van der Waals surface area contributed by atoms with Gasteiger partial charge >= 0.3 is 0 Å². The maximum Gasteiger partial charge on any atom is 0.262 e. The molecule has 5 rings (SSSR count). The lowest BCUT2D eigenvalue weighted by atomic mass is 10.0. The molecule has 33 heavy (non-hydrogen) atoms. The van der Waals surface area contributed by atoms with E-state index in [4.69, 9.17) is 14.2 Å². The van der Waals surface area contributed by atoms with Crippen LogP contribution in [0.15, 0.2) is 36.7 Å². The van der Waals surface area contributed by atoms with Crippen LogP contribution in [0.25, 0.3) is 11.3 Å². The molecule has 0 aliphatic carbocycles. The van der Waals surface area contributed by atoms with Crippen LogP contribution >= 0.6 is 0 Å². The van der Waals surface area contributed by atoms with Gasteiger partial charge in [-0.05, 0) is 32.0 Å². The third kappa shape index (κ3) is 4.68. The molecule has 0 atom stereocenters. The number of carbonyl (C=O) groups excluding carboxylic acids is 1. The minimum atomic E-state index is -0.375. The van der Waals surface area contributed by atoms with Crippen molar-refractivity contribution in [2.75, 3.05) is 18.5 Å². The number of ether oxygens (including phenoxy) is 3. The van der Waals surface area contributed by atoms with Crippen molar-refractivity contribution in [1.29, 1.82) is 0 Å². The van der Waals surface area contributed by atoms with Crippen LogP contribution in [-0.2, 0) is 18.2 Å². The number of aryl methyl sites for hydroxylation is 1. The Bertz CT molecular complexity index is 1180. The van der Waals surface area contributed by atoms with Gasteiger partial charge in [0, 0.05) is 43.6 Å². The number of pyridine rings is 2. The lowest BCUT2D eigenvalue weighted by Crippen LogP contribution is -2.27. The fourth-order valence-electron chi connectivity index (χ4n) is 4.10. The van der Waals surface area contributed by atoms with Gasteiger partial charge in [0.1, 0.15) is 23.1 Å². The highest BCUT2D eigenvalue weighted by atomic mass is 16.5. The molecule has 2 aliphatic rings. The minimum Gasteiger partial charge on any atom is -0.474 e. The lowest BCUT2D eigenvalue weighted by molar-refractivity contribution is 0.0230. The summed E-state index contributed by atoms with van der Waals surface area (Å²) in [5.74, 6) is 0.915. The summed E-state index contributed by atoms with van der Waals surface area (Å²) in [6, 6.07) is 7.31. The molecule has 3 aromatic heterocycles. The minimum absolute atomic E-state index is 0.0581. The monoisotopic (exact) mass is 449 g/mol. The van der Waals surface area contributed by atoms with Crippen LogP contribution in [0.3, 0.4) is 0 Å². The smallest absolute Gasteiger partial charge is 0.262 e. The number of amides is 1. The van der Waals surface area contributed by atoms with Crippen molar-refractivity contribution < 1.29 is 19.0 Å². The Morgan fingerprint density at radius 3 is 2.82 bits per heavy atom. The number of nitrogens with one attached hydrogen (secondary N) is 1. The maximum atomic E-state index is 13.3. The highest BCUT2D eigenvalue weighted by molar-refractivity contribution is 6.05. The van der Waals surface area contributed by atoms with Crippen LogP contribution in [0, 0.1) is 0 Å². The molecule has 0 saturated carbocycles. The van der Waals surface area contributed by atoms with Crippen molar-refractivity contribution in [2.24, 2.45) is 7.05 Å². The van der Waals surface area contributed by atoms with Crippen molar-refractivity contribution in [2.45, 2.75) is 44.8 Å². The van der Waals surface area contributed by atoms with E-state index in [1.54, 1.807) is 16.9 Å². The Hall–Kier alpha value is -3.46. The molecule has 9 heteroatoms. The number of fused-ring (bicyclic) bond motifs is 1. The van der Waals surface area contributed by atoms with Gasteiger partial charge in [-0.3, -0.25) is 9.48 Å². The molecule has 5 heterocycles. The van der Waals surface area contributed by atoms with Gasteiger partial charge in [-0.1, -0.05) is 6.07 Å². The van der Waals surface area contributed by atoms with E-state index in [9.17, 15) is 4.79 Å². The van der Waals surface area contributed by atoms with Crippen molar-refractivity contribution in [3.8, 4) is 23.0 Å². The van der Waals surface area contributed by atoms with Gasteiger partial charge < -0.3 is 19.5 Å². The van der Waals surface area contributed by atoms with Crippen LogP contribution in [0.5, 0.6) is 11.8 Å². The molecular weight excluding hydrogens is 422 g/mol. The molecule has 3 aromatic rings. The summed E-state index contributed by atoms with van der Waals surface area (Å²) in [6.07, 6.45) is 5.72. The predicted molar refractivity (Wildman–Crippen MR) is 122 cm³/mol. The third-order valence-corrected chi connectivity index (χ3v) is 5.70. The standard InChI is InChI=1S/C24H27N5O4/c1-24(2)12-15-11-18(23(28-22(15)33-24)32-17-7-9-31-10-8-17)21(30)27-20-6-4-5-19(26-20)16-13-25-29(3)14-16/h4-6,11,13-14,17H,7-10,12H2,1-3H3,(H,26,27,30). The number of nitrogens with zero attached hydrogens (tertiary/aromatic N) is 4. The Morgan fingerprint density at radius 1 is 1.24 bits per heavy atom. The summed E-state index contributed by atoms with van der Waals surface area (Å²) in [5.41, 5.74) is 2.48. The Kier molecular flexibility index (Phi) is 5.49. The second-order valence-electron chi connectivity index (χ2n) is 9.04. The summed E-state index contributed by atoms with van der Waals surface area (Å²) in [5, 5.41) is 7.09. The van der Waals surface area contributed by atoms with Crippen molar-refractivity contribution in [1.82, 2.24) is 19.7 Å². The van der Waals surface area contributed by atoms with Crippen LogP contribution < -0.4 is 14.8 Å². The fraction of sp³-hybridized carbons (Fsp3) is 0.417. The molecule has 1 amide bonds. The average Bonchev–Trinajstić information content (AvgIpc) is 3.35. The molecule has 0 radical (unpaired) electrons. The summed E-state index contributed by atoms with van der Waals surface area (Å²) in [4.78, 5) is 22.5. The number of carbonyl (C=O) groups is 1. The fourth-order valence-corrected chi connectivity index (χ4v) is 4.10. The Balaban J connectivity index is 1.43. The summed E-state index contributed by atoms with van der Waals surface area (Å²) < 4.78 is 19.3. The van der Waals surface area contributed by atoms with Gasteiger partial charge in [-0.25, -0.2) is 4.98 Å². The van der Waals surface area contributed by atoms with Crippen molar-refractivity contribution in [3.05, 3.63) is 47.8 Å². The van der Waals surface area contributed by atoms with Gasteiger partial charge in [0.25, 0.3) is 5.91 Å². The van der Waals surface area contributed by atoms with E-state index in [2.05, 4.69) is 20.4 Å². The quantitative estimate of drug-likeness (QED) is 0.637. The molecule has 0 unspecified atom stereocenters. The zero-order chi connectivity index (χ0) is 23.0. The van der Waals surface area contributed by atoms with Gasteiger partial charge in [-0.15, -0.1) is 0 Å². The van der Waals surface area contributed by atoms with Gasteiger partial charge in [0.15, 0.2) is 0 Å². The van der Waals surface area contributed by atoms with Crippen LogP contribution in [-0.4, -0.2) is 50.6 Å². The van der Waals surface area contributed by atoms with E-state index in [1.807, 2.05) is 45.3 Å². The van der Waals surface area contributed by atoms with E-state index in [0.717, 1.165) is 29.7 Å². The highest BCUT2D eigenvalue weighted by Crippen LogP contribution is 2.37. The van der Waals surface area contributed by atoms with Crippen molar-refractivity contribution >= 4 is 11.7 Å². The van der Waals surface area contributed by atoms with E-state index in [0.29, 0.717) is 36.9 Å². The van der Waals surface area contributed by atoms with Gasteiger partial charge in [0.05, 0.1) is 25.1 Å². The zero-order valence-corrected chi connectivity index (χ0v) is 19.0. The summed E-state index contributed by atoms with van der Waals surface area (Å²) >= 11 is 0. The third-order valence-electron chi connectivity index (χ3n) is 5.70. The van der Waals surface area contributed by atoms with Crippen LogP contribution in [0.4, 0.5) is 5.82 Å². The van der Waals surface area contributed by atoms with Gasteiger partial charge in [-0.2, -0.15) is 10.1 Å². The largest absolute Gasteiger partial charge is 0.474 e. The topological polar surface area (TPSA) is 100 Å². The van der Waals surface area contributed by atoms with Gasteiger partial charge in [0.2, 0.25) is 11.8 Å². The molecule has 1 N–H and O–H groups in total. The number of hydrogen-bond acceptors (Lipinski definition) is 7. The molecule has 0 spiro atoms. The molecular formula is C24H27N5O4. The molecule has 2 aliphatic heterocycles. The number of hydrogen-bond donors (Lipinski definition) is 1. The second-order valence-corrected chi connectivity index (χ2v) is 9.04. The van der Waals surface area contributed by atoms with E-state index in [-0.39, 0.29) is 23.5 Å². The first-order valence-corrected chi connectivity index (χ1v) is 11.1. The van der Waals surface area contributed by atoms with Crippen LogP contribution in [0.2, 0.25) is 0 Å². The summed E-state index contributed by atoms with van der Waals surface area (Å²) in [6.45, 7) is 5.26. The van der Waals surface area contributed by atoms with E-state index >= 15 is 0 Å². The molecule has 172 valence electrons. The zero-order valence-electron chi connectivity index (χ0n) is 19.0. The maximum absolute atomic E-state index is 13.3. The second kappa shape index (κ2) is 8.47. The first-order chi connectivity index (χ1) is 15.9. The van der Waals surface area contributed by atoms with Crippen molar-refractivity contribution in [3.63, 3.8) is 0 Å². The van der Waals surface area contributed by atoms with Crippen LogP contribution in [0.1, 0.15) is 42.6 Å². The molecule has 0 bridgehead atoms. The number of anilines is 1. The first-order valence-electron chi connectivity index (χ1n) is 11.1. The molecule has 1 fully saturated rings.